The maximum absolute atomic E-state index is 10.7. The lowest BCUT2D eigenvalue weighted by Crippen LogP contribution is -1.96. The van der Waals surface area contributed by atoms with Gasteiger partial charge in [-0.1, -0.05) is 0 Å². The zero-order valence-electron chi connectivity index (χ0n) is 10.1. The van der Waals surface area contributed by atoms with Crippen molar-refractivity contribution in [3.63, 3.8) is 0 Å². The first-order valence-electron chi connectivity index (χ1n) is 5.41. The number of carbonyl (C=O) groups is 2. The summed E-state index contributed by atoms with van der Waals surface area (Å²) in [4.78, 5) is 21.4. The van der Waals surface area contributed by atoms with Crippen molar-refractivity contribution in [3.8, 4) is 11.5 Å². The molecule has 0 unspecified atom stereocenters. The van der Waals surface area contributed by atoms with Gasteiger partial charge >= 0.3 is 11.9 Å². The Labute approximate surface area is 120 Å². The molecule has 2 aromatic carbocycles. The largest absolute Gasteiger partial charge is 0.478 e. The summed E-state index contributed by atoms with van der Waals surface area (Å²) in [6.07, 6.45) is 0. The Morgan fingerprint density at radius 3 is 1.25 bits per heavy atom. The van der Waals surface area contributed by atoms with Gasteiger partial charge in [-0.3, -0.25) is 0 Å². The highest BCUT2D eigenvalue weighted by molar-refractivity contribution is 5.88. The molecular weight excluding hydrogens is 284 g/mol. The number of carboxylic acid groups (broad SMARTS) is 2. The molecule has 0 atom stereocenters. The molecule has 5 nitrogen and oxygen atoms in total. The van der Waals surface area contributed by atoms with Gasteiger partial charge in [-0.15, -0.1) is 12.4 Å². The zero-order chi connectivity index (χ0) is 13.8. The van der Waals surface area contributed by atoms with E-state index < -0.39 is 11.9 Å². The summed E-state index contributed by atoms with van der Waals surface area (Å²) < 4.78 is 5.46. The van der Waals surface area contributed by atoms with Crippen LogP contribution in [0, 0.1) is 0 Å². The molecule has 0 heterocycles. The molecule has 2 rings (SSSR count). The minimum absolute atomic E-state index is 0. The van der Waals surface area contributed by atoms with Crippen LogP contribution in [-0.2, 0) is 0 Å². The lowest BCUT2D eigenvalue weighted by atomic mass is 10.2. The number of aromatic carboxylic acids is 2. The second kappa shape index (κ2) is 6.58. The van der Waals surface area contributed by atoms with Gasteiger partial charge in [0.05, 0.1) is 11.1 Å². The van der Waals surface area contributed by atoms with Gasteiger partial charge in [0, 0.05) is 0 Å². The normalized spacial score (nSPS) is 9.40. The second-order valence-corrected chi connectivity index (χ2v) is 3.76. The summed E-state index contributed by atoms with van der Waals surface area (Å²) in [6.45, 7) is 0. The van der Waals surface area contributed by atoms with Crippen molar-refractivity contribution >= 4 is 24.3 Å². The number of ether oxygens (including phenoxy) is 1. The first-order chi connectivity index (χ1) is 9.06. The molecule has 0 saturated heterocycles. The van der Waals surface area contributed by atoms with Crippen molar-refractivity contribution in [2.75, 3.05) is 0 Å². The second-order valence-electron chi connectivity index (χ2n) is 3.76. The molecule has 0 aliphatic rings. The lowest BCUT2D eigenvalue weighted by Gasteiger charge is -2.06. The number of carboxylic acids is 2. The molecule has 0 aliphatic heterocycles. The molecule has 0 radical (unpaired) electrons. The molecule has 0 saturated carbocycles. The van der Waals surface area contributed by atoms with Crippen molar-refractivity contribution < 1.29 is 24.5 Å². The average molecular weight is 295 g/mol. The first kappa shape index (κ1) is 15.5. The quantitative estimate of drug-likeness (QED) is 0.904. The summed E-state index contributed by atoms with van der Waals surface area (Å²) in [6, 6.07) is 11.9. The highest BCUT2D eigenvalue weighted by atomic mass is 35.5. The Bertz CT molecular complexity index is 549. The van der Waals surface area contributed by atoms with E-state index in [1.807, 2.05) is 0 Å². The molecule has 0 aliphatic carbocycles. The molecule has 0 amide bonds. The number of hydrogen-bond donors (Lipinski definition) is 2. The maximum Gasteiger partial charge on any atom is 0.335 e. The number of hydrogen-bond acceptors (Lipinski definition) is 3. The number of halogens is 1. The number of rotatable bonds is 4. The van der Waals surface area contributed by atoms with Crippen LogP contribution in [0.1, 0.15) is 20.7 Å². The standard InChI is InChI=1S/C14H10O5.ClH/c15-13(16)9-1-5-11(6-2-9)19-12-7-3-10(4-8-12)14(17)18;/h1-8H,(H,15,16)(H,17,18);1H. The van der Waals surface area contributed by atoms with Crippen molar-refractivity contribution in [1.82, 2.24) is 0 Å². The van der Waals surface area contributed by atoms with Crippen LogP contribution in [0.25, 0.3) is 0 Å². The third-order valence-electron chi connectivity index (χ3n) is 2.44. The minimum atomic E-state index is -1.00. The summed E-state index contributed by atoms with van der Waals surface area (Å²) in [7, 11) is 0. The SMILES string of the molecule is Cl.O=C(O)c1ccc(Oc2ccc(C(=O)O)cc2)cc1. The minimum Gasteiger partial charge on any atom is -0.478 e. The third kappa shape index (κ3) is 3.73. The van der Waals surface area contributed by atoms with Gasteiger partial charge in [-0.2, -0.15) is 0 Å². The Morgan fingerprint density at radius 2 is 1.00 bits per heavy atom. The average Bonchev–Trinajstić information content (AvgIpc) is 2.40. The van der Waals surface area contributed by atoms with E-state index in [-0.39, 0.29) is 23.5 Å². The van der Waals surface area contributed by atoms with Crippen LogP contribution >= 0.6 is 12.4 Å². The van der Waals surface area contributed by atoms with E-state index in [1.54, 1.807) is 0 Å². The van der Waals surface area contributed by atoms with E-state index in [4.69, 9.17) is 14.9 Å². The fraction of sp³-hybridized carbons (Fsp3) is 0. The van der Waals surface area contributed by atoms with Crippen molar-refractivity contribution in [3.05, 3.63) is 59.7 Å². The lowest BCUT2D eigenvalue weighted by molar-refractivity contribution is 0.0686. The van der Waals surface area contributed by atoms with E-state index in [9.17, 15) is 9.59 Å². The van der Waals surface area contributed by atoms with Crippen molar-refractivity contribution in [2.24, 2.45) is 0 Å². The van der Waals surface area contributed by atoms with Crippen LogP contribution in [0.2, 0.25) is 0 Å². The molecular formula is C14H11ClO5. The monoisotopic (exact) mass is 294 g/mol. The van der Waals surface area contributed by atoms with Crippen molar-refractivity contribution in [1.29, 1.82) is 0 Å². The van der Waals surface area contributed by atoms with Crippen LogP contribution in [0.4, 0.5) is 0 Å². The van der Waals surface area contributed by atoms with Crippen LogP contribution in [-0.4, -0.2) is 22.2 Å². The highest BCUT2D eigenvalue weighted by Gasteiger charge is 2.04. The predicted molar refractivity (Wildman–Crippen MR) is 74.1 cm³/mol. The topological polar surface area (TPSA) is 83.8 Å². The molecule has 2 N–H and O–H groups in total. The van der Waals surface area contributed by atoms with Crippen LogP contribution in [0.15, 0.2) is 48.5 Å². The first-order valence-corrected chi connectivity index (χ1v) is 5.41. The van der Waals surface area contributed by atoms with Gasteiger partial charge in [-0.25, -0.2) is 9.59 Å². The Morgan fingerprint density at radius 1 is 0.700 bits per heavy atom. The Balaban J connectivity index is 0.00000200. The molecule has 104 valence electrons. The summed E-state index contributed by atoms with van der Waals surface area (Å²) in [5.74, 6) is -1.05. The van der Waals surface area contributed by atoms with Crippen LogP contribution in [0.3, 0.4) is 0 Å². The van der Waals surface area contributed by atoms with Gasteiger partial charge in [-0.05, 0) is 48.5 Å². The molecule has 0 fully saturated rings. The molecule has 6 heteroatoms. The fourth-order valence-electron chi connectivity index (χ4n) is 1.47. The smallest absolute Gasteiger partial charge is 0.335 e. The van der Waals surface area contributed by atoms with Crippen LogP contribution in [0.5, 0.6) is 11.5 Å². The zero-order valence-corrected chi connectivity index (χ0v) is 11.0. The molecule has 2 aromatic rings. The maximum atomic E-state index is 10.7. The number of benzene rings is 2. The molecule has 0 bridgehead atoms. The highest BCUT2D eigenvalue weighted by Crippen LogP contribution is 2.22. The van der Waals surface area contributed by atoms with E-state index >= 15 is 0 Å². The van der Waals surface area contributed by atoms with Gasteiger partial charge in [0.1, 0.15) is 11.5 Å². The third-order valence-corrected chi connectivity index (χ3v) is 2.44. The van der Waals surface area contributed by atoms with Gasteiger partial charge < -0.3 is 14.9 Å². The van der Waals surface area contributed by atoms with E-state index in [2.05, 4.69) is 0 Å². The van der Waals surface area contributed by atoms with Gasteiger partial charge in [0.2, 0.25) is 0 Å². The van der Waals surface area contributed by atoms with Crippen LogP contribution < -0.4 is 4.74 Å². The molecule has 0 spiro atoms. The predicted octanol–water partition coefficient (Wildman–Crippen LogP) is 3.30. The fourth-order valence-corrected chi connectivity index (χ4v) is 1.47. The van der Waals surface area contributed by atoms with Crippen molar-refractivity contribution in [2.45, 2.75) is 0 Å². The molecule has 0 aromatic heterocycles. The van der Waals surface area contributed by atoms with E-state index in [0.29, 0.717) is 11.5 Å². The summed E-state index contributed by atoms with van der Waals surface area (Å²) in [5, 5.41) is 17.5. The Kier molecular flexibility index (Phi) is 5.11. The summed E-state index contributed by atoms with van der Waals surface area (Å²) in [5.41, 5.74) is 0.349. The summed E-state index contributed by atoms with van der Waals surface area (Å²) >= 11 is 0. The van der Waals surface area contributed by atoms with E-state index in [0.717, 1.165) is 0 Å². The molecule has 20 heavy (non-hydrogen) atoms. The van der Waals surface area contributed by atoms with Gasteiger partial charge in [0.15, 0.2) is 0 Å². The Hall–Kier alpha value is -2.53. The van der Waals surface area contributed by atoms with E-state index in [1.165, 1.54) is 48.5 Å². The van der Waals surface area contributed by atoms with Gasteiger partial charge in [0.25, 0.3) is 0 Å².